The first-order valence-corrected chi connectivity index (χ1v) is 18.4. The number of aromatic nitrogens is 1. The summed E-state index contributed by atoms with van der Waals surface area (Å²) in [6.45, 7) is 0. The van der Waals surface area contributed by atoms with Crippen molar-refractivity contribution in [1.82, 2.24) is 9.88 Å². The Bertz CT molecular complexity index is 2960. The molecule has 9 aromatic rings. The Labute approximate surface area is 312 Å². The third-order valence-corrected chi connectivity index (χ3v) is 10.8. The number of nitrogens with zero attached hydrogens (tertiary/aromatic N) is 2. The summed E-state index contributed by atoms with van der Waals surface area (Å²) in [5, 5.41) is 8.25. The van der Waals surface area contributed by atoms with Crippen LogP contribution < -0.4 is 5.32 Å². The molecule has 0 spiro atoms. The highest BCUT2D eigenvalue weighted by molar-refractivity contribution is 6.21. The number of furan rings is 1. The number of fused-ring (bicyclic) bond motifs is 7. The molecule has 3 heterocycles. The van der Waals surface area contributed by atoms with Crippen LogP contribution in [0.5, 0.6) is 0 Å². The largest absolute Gasteiger partial charge is 0.454 e. The number of hydrogen-bond acceptors (Lipinski definition) is 3. The van der Waals surface area contributed by atoms with Gasteiger partial charge in [-0.05, 0) is 58.7 Å². The third-order valence-electron chi connectivity index (χ3n) is 10.8. The van der Waals surface area contributed by atoms with Gasteiger partial charge in [0.15, 0.2) is 5.58 Å². The minimum Gasteiger partial charge on any atom is -0.454 e. The van der Waals surface area contributed by atoms with Crippen LogP contribution in [-0.4, -0.2) is 16.4 Å². The van der Waals surface area contributed by atoms with E-state index in [1.807, 2.05) is 6.07 Å². The van der Waals surface area contributed by atoms with Crippen LogP contribution in [-0.2, 0) is 0 Å². The van der Waals surface area contributed by atoms with E-state index in [1.165, 1.54) is 33.0 Å². The summed E-state index contributed by atoms with van der Waals surface area (Å²) in [6, 6.07) is 58.2. The molecule has 7 aromatic carbocycles. The molecule has 0 amide bonds. The third kappa shape index (κ3) is 4.81. The van der Waals surface area contributed by atoms with Gasteiger partial charge in [0.1, 0.15) is 11.4 Å². The van der Waals surface area contributed by atoms with Gasteiger partial charge in [0.2, 0.25) is 0 Å². The van der Waals surface area contributed by atoms with Crippen molar-refractivity contribution in [2.24, 2.45) is 4.99 Å². The van der Waals surface area contributed by atoms with Crippen LogP contribution in [0.15, 0.2) is 203 Å². The number of allylic oxidation sites excluding steroid dienone is 2. The maximum absolute atomic E-state index is 6.90. The van der Waals surface area contributed by atoms with Crippen LogP contribution in [0.1, 0.15) is 11.1 Å². The van der Waals surface area contributed by atoms with E-state index in [1.54, 1.807) is 0 Å². The number of rotatable bonds is 5. The lowest BCUT2D eigenvalue weighted by molar-refractivity contribution is 0.666. The molecule has 2 aromatic heterocycles. The van der Waals surface area contributed by atoms with E-state index in [9.17, 15) is 0 Å². The molecule has 1 aliphatic carbocycles. The lowest BCUT2D eigenvalue weighted by Crippen LogP contribution is -2.39. The first kappa shape index (κ1) is 30.5. The molecule has 0 radical (unpaired) electrons. The summed E-state index contributed by atoms with van der Waals surface area (Å²) in [4.78, 5) is 5.32. The van der Waals surface area contributed by atoms with Gasteiger partial charge in [-0.25, -0.2) is 4.99 Å². The van der Waals surface area contributed by atoms with Crippen LogP contribution >= 0.6 is 0 Å². The van der Waals surface area contributed by atoms with E-state index in [0.717, 1.165) is 66.9 Å². The highest BCUT2D eigenvalue weighted by atomic mass is 16.3. The van der Waals surface area contributed by atoms with Crippen LogP contribution in [0, 0.1) is 0 Å². The zero-order valence-corrected chi connectivity index (χ0v) is 29.3. The van der Waals surface area contributed by atoms with Crippen LogP contribution in [0.3, 0.4) is 0 Å². The molecule has 0 bridgehead atoms. The van der Waals surface area contributed by atoms with Crippen molar-refractivity contribution in [3.05, 3.63) is 205 Å². The second-order valence-electron chi connectivity index (χ2n) is 14.0. The summed E-state index contributed by atoms with van der Waals surface area (Å²) < 4.78 is 9.27. The topological polar surface area (TPSA) is 42.5 Å². The summed E-state index contributed by atoms with van der Waals surface area (Å²) in [6.07, 6.45) is 8.55. The van der Waals surface area contributed by atoms with Gasteiger partial charge in [-0.3, -0.25) is 0 Å². The fourth-order valence-corrected chi connectivity index (χ4v) is 8.32. The second-order valence-corrected chi connectivity index (χ2v) is 14.0. The Kier molecular flexibility index (Phi) is 6.89. The number of benzene rings is 7. The van der Waals surface area contributed by atoms with Crippen molar-refractivity contribution >= 4 is 55.3 Å². The van der Waals surface area contributed by atoms with E-state index in [2.05, 4.69) is 192 Å². The molecule has 4 nitrogen and oxygen atoms in total. The highest BCUT2D eigenvalue weighted by Crippen LogP contribution is 2.42. The molecular formula is C50H33N3O. The molecule has 1 unspecified atom stereocenters. The number of para-hydroxylation sites is 1. The van der Waals surface area contributed by atoms with Gasteiger partial charge in [-0.2, -0.15) is 0 Å². The Morgan fingerprint density at radius 2 is 1.17 bits per heavy atom. The molecule has 0 saturated carbocycles. The van der Waals surface area contributed by atoms with Crippen molar-refractivity contribution in [1.29, 1.82) is 0 Å². The fraction of sp³-hybridized carbons (Fsp3) is 0.0200. The summed E-state index contributed by atoms with van der Waals surface area (Å²) in [5.41, 5.74) is 14.0. The van der Waals surface area contributed by atoms with Gasteiger partial charge in [-0.1, -0.05) is 152 Å². The van der Waals surface area contributed by atoms with Gasteiger partial charge in [0.25, 0.3) is 0 Å². The van der Waals surface area contributed by atoms with E-state index in [4.69, 9.17) is 9.41 Å². The smallest absolute Gasteiger partial charge is 0.159 e. The Morgan fingerprint density at radius 3 is 1.83 bits per heavy atom. The van der Waals surface area contributed by atoms with Gasteiger partial charge < -0.3 is 14.3 Å². The maximum Gasteiger partial charge on any atom is 0.159 e. The molecule has 1 atom stereocenters. The average molecular weight is 692 g/mol. The molecule has 0 fully saturated rings. The van der Waals surface area contributed by atoms with E-state index < -0.39 is 0 Å². The Morgan fingerprint density at radius 1 is 0.537 bits per heavy atom. The SMILES string of the molecule is C1=CC2=C(c3ccccc3)N=C(c3cccc4oc5c(-n6c7ccc(-c8ccccc8)cc7c7cc(-c8ccccc8)ccc76)cccc5c34)NC2C=C1. The number of nitrogens with one attached hydrogen (secondary N) is 1. The monoisotopic (exact) mass is 691 g/mol. The zero-order chi connectivity index (χ0) is 35.6. The summed E-state index contributed by atoms with van der Waals surface area (Å²) >= 11 is 0. The van der Waals surface area contributed by atoms with Gasteiger partial charge in [0, 0.05) is 38.2 Å². The van der Waals surface area contributed by atoms with Crippen LogP contribution in [0.25, 0.3) is 77.4 Å². The van der Waals surface area contributed by atoms with Gasteiger partial charge in [0.05, 0.1) is 28.5 Å². The Hall–Kier alpha value is -7.17. The quantitative estimate of drug-likeness (QED) is 0.195. The first-order chi connectivity index (χ1) is 26.8. The number of aliphatic imine (C=N–C) groups is 1. The molecule has 2 aliphatic rings. The first-order valence-electron chi connectivity index (χ1n) is 18.4. The predicted octanol–water partition coefficient (Wildman–Crippen LogP) is 12.3. The van der Waals surface area contributed by atoms with Crippen molar-refractivity contribution in [2.75, 3.05) is 0 Å². The van der Waals surface area contributed by atoms with E-state index in [0.29, 0.717) is 0 Å². The van der Waals surface area contributed by atoms with Crippen molar-refractivity contribution in [2.45, 2.75) is 6.04 Å². The average Bonchev–Trinajstić information content (AvgIpc) is 3.79. The molecule has 254 valence electrons. The molecular weight excluding hydrogens is 659 g/mol. The van der Waals surface area contributed by atoms with Crippen molar-refractivity contribution in [3.63, 3.8) is 0 Å². The minimum absolute atomic E-state index is 0.0147. The zero-order valence-electron chi connectivity index (χ0n) is 29.3. The molecule has 11 rings (SSSR count). The van der Waals surface area contributed by atoms with Crippen LogP contribution in [0.2, 0.25) is 0 Å². The van der Waals surface area contributed by atoms with Gasteiger partial charge >= 0.3 is 0 Å². The fourth-order valence-electron chi connectivity index (χ4n) is 8.32. The molecule has 1 aliphatic heterocycles. The number of amidine groups is 1. The highest BCUT2D eigenvalue weighted by Gasteiger charge is 2.27. The minimum atomic E-state index is 0.0147. The van der Waals surface area contributed by atoms with Gasteiger partial charge in [-0.15, -0.1) is 0 Å². The standard InChI is InChI=1S/C50H33N3O/c1-4-14-32(15-5-1)35-26-28-43-40(30-35)41-31-36(33-16-6-2-7-17-33)27-29-44(41)53(43)45-24-12-21-38-47-39(22-13-25-46(47)54-49(38)45)50-51-42-23-11-10-20-37(42)48(52-50)34-18-8-3-9-19-34/h1-31,42H,(H,51,52). The molecule has 1 N–H and O–H groups in total. The lowest BCUT2D eigenvalue weighted by Gasteiger charge is -2.28. The van der Waals surface area contributed by atoms with E-state index >= 15 is 0 Å². The summed E-state index contributed by atoms with van der Waals surface area (Å²) in [7, 11) is 0. The molecule has 54 heavy (non-hydrogen) atoms. The molecule has 4 heteroatoms. The maximum atomic E-state index is 6.90. The van der Waals surface area contributed by atoms with Crippen molar-refractivity contribution in [3.8, 4) is 27.9 Å². The summed E-state index contributed by atoms with van der Waals surface area (Å²) in [5.74, 6) is 0.833. The normalized spacial score (nSPS) is 15.3. The lowest BCUT2D eigenvalue weighted by atomic mass is 9.93. The number of hydrogen-bond donors (Lipinski definition) is 1. The van der Waals surface area contributed by atoms with Crippen LogP contribution in [0.4, 0.5) is 0 Å². The second kappa shape index (κ2) is 12.2. The Balaban J connectivity index is 1.14. The van der Waals surface area contributed by atoms with Crippen molar-refractivity contribution < 1.29 is 4.42 Å². The van der Waals surface area contributed by atoms with E-state index in [-0.39, 0.29) is 6.04 Å². The molecule has 0 saturated heterocycles. The predicted molar refractivity (Wildman–Crippen MR) is 224 cm³/mol.